The average molecular weight is 303 g/mol. The number of nitrogens with zero attached hydrogens (tertiary/aromatic N) is 2. The number of hydrogen-bond acceptors (Lipinski definition) is 2. The van der Waals surface area contributed by atoms with Crippen LogP contribution in [0.5, 0.6) is 0 Å². The van der Waals surface area contributed by atoms with E-state index in [-0.39, 0.29) is 5.41 Å². The van der Waals surface area contributed by atoms with Crippen LogP contribution in [0.3, 0.4) is 0 Å². The van der Waals surface area contributed by atoms with E-state index in [0.29, 0.717) is 6.42 Å². The molecule has 0 unspecified atom stereocenters. The van der Waals surface area contributed by atoms with Crippen LogP contribution in [0, 0.1) is 23.7 Å². The first-order valence-electron chi connectivity index (χ1n) is 8.77. The normalized spacial score (nSPS) is 16.4. The molecule has 1 aromatic rings. The van der Waals surface area contributed by atoms with Gasteiger partial charge < -0.3 is 0 Å². The van der Waals surface area contributed by atoms with Gasteiger partial charge in [0.1, 0.15) is 0 Å². The second kappa shape index (κ2) is 11.3. The molecule has 0 bridgehead atoms. The van der Waals surface area contributed by atoms with Crippen molar-refractivity contribution >= 4 is 0 Å². The third-order valence-corrected chi connectivity index (χ3v) is 4.22. The summed E-state index contributed by atoms with van der Waals surface area (Å²) >= 11 is 0. The monoisotopic (exact) mass is 302 g/mol. The Morgan fingerprint density at radius 3 is 2.14 bits per heavy atom. The van der Waals surface area contributed by atoms with Gasteiger partial charge in [-0.1, -0.05) is 58.9 Å². The van der Waals surface area contributed by atoms with Crippen molar-refractivity contribution in [3.8, 4) is 6.07 Å². The minimum Gasteiger partial charge on any atom is -0.299 e. The summed E-state index contributed by atoms with van der Waals surface area (Å²) in [5.74, 6) is 0. The molecule has 1 aromatic carbocycles. The number of likely N-dealkylation sites (tertiary alicyclic amines) is 1. The molecule has 1 fully saturated rings. The highest BCUT2D eigenvalue weighted by molar-refractivity contribution is 5.25. The van der Waals surface area contributed by atoms with Crippen LogP contribution in [-0.4, -0.2) is 18.0 Å². The molecule has 0 aliphatic carbocycles. The van der Waals surface area contributed by atoms with Gasteiger partial charge in [-0.05, 0) is 49.4 Å². The first-order valence-corrected chi connectivity index (χ1v) is 8.77. The lowest BCUT2D eigenvalue weighted by atomic mass is 9.78. The first-order chi connectivity index (χ1) is 10.6. The zero-order chi connectivity index (χ0) is 17.0. The zero-order valence-electron chi connectivity index (χ0n) is 15.4. The Labute approximate surface area is 138 Å². The molecule has 22 heavy (non-hydrogen) atoms. The van der Waals surface area contributed by atoms with Crippen LogP contribution >= 0.6 is 0 Å². The second-order valence-corrected chi connectivity index (χ2v) is 5.85. The summed E-state index contributed by atoms with van der Waals surface area (Å²) in [5.41, 5.74) is 3.06. The van der Waals surface area contributed by atoms with Gasteiger partial charge in [0.25, 0.3) is 0 Å². The Bertz CT molecular complexity index is 437. The van der Waals surface area contributed by atoms with Gasteiger partial charge in [-0.3, -0.25) is 4.90 Å². The predicted molar refractivity (Wildman–Crippen MR) is 96.7 cm³/mol. The Hall–Kier alpha value is -1.33. The molecule has 124 valence electrons. The molecule has 0 radical (unpaired) electrons. The fraction of sp³-hybridized carbons (Fsp3) is 0.650. The van der Waals surface area contributed by atoms with Crippen molar-refractivity contribution in [2.45, 2.75) is 67.3 Å². The first kappa shape index (κ1) is 20.7. The van der Waals surface area contributed by atoms with E-state index >= 15 is 0 Å². The Morgan fingerprint density at radius 2 is 1.64 bits per heavy atom. The Morgan fingerprint density at radius 1 is 1.09 bits per heavy atom. The van der Waals surface area contributed by atoms with E-state index in [1.165, 1.54) is 11.1 Å². The molecular formula is C20H34N2. The van der Waals surface area contributed by atoms with E-state index in [0.717, 1.165) is 32.5 Å². The number of nitriles is 1. The largest absolute Gasteiger partial charge is 0.299 e. The summed E-state index contributed by atoms with van der Waals surface area (Å²) in [6, 6.07) is 10.9. The Kier molecular flexibility index (Phi) is 10.6. The fourth-order valence-corrected chi connectivity index (χ4v) is 2.65. The SMILES string of the molecule is CC.CC.Cc1ccccc1CN1CCC(C)(CC#N)CC1. The molecule has 2 heteroatoms. The summed E-state index contributed by atoms with van der Waals surface area (Å²) in [5, 5.41) is 8.86. The zero-order valence-corrected chi connectivity index (χ0v) is 15.4. The molecular weight excluding hydrogens is 268 g/mol. The third-order valence-electron chi connectivity index (χ3n) is 4.22. The van der Waals surface area contributed by atoms with Gasteiger partial charge in [0, 0.05) is 13.0 Å². The summed E-state index contributed by atoms with van der Waals surface area (Å²) in [4.78, 5) is 2.52. The molecule has 2 rings (SSSR count). The number of piperidine rings is 1. The molecule has 1 aliphatic rings. The van der Waals surface area contributed by atoms with E-state index < -0.39 is 0 Å². The number of benzene rings is 1. The van der Waals surface area contributed by atoms with E-state index in [2.05, 4.69) is 49.1 Å². The molecule has 0 atom stereocenters. The molecule has 1 aliphatic heterocycles. The van der Waals surface area contributed by atoms with Crippen molar-refractivity contribution in [2.24, 2.45) is 5.41 Å². The van der Waals surface area contributed by atoms with Gasteiger partial charge in [-0.2, -0.15) is 5.26 Å². The molecule has 1 heterocycles. The van der Waals surface area contributed by atoms with Crippen LogP contribution in [0.15, 0.2) is 24.3 Å². The third kappa shape index (κ3) is 6.62. The lowest BCUT2D eigenvalue weighted by Gasteiger charge is -2.38. The van der Waals surface area contributed by atoms with Crippen molar-refractivity contribution in [3.63, 3.8) is 0 Å². The smallest absolute Gasteiger partial charge is 0.0627 e. The topological polar surface area (TPSA) is 27.0 Å². The minimum absolute atomic E-state index is 0.247. The molecule has 0 N–H and O–H groups in total. The quantitative estimate of drug-likeness (QED) is 0.730. The summed E-state index contributed by atoms with van der Waals surface area (Å²) in [6.45, 7) is 15.7. The average Bonchev–Trinajstić information content (AvgIpc) is 2.56. The second-order valence-electron chi connectivity index (χ2n) is 5.85. The van der Waals surface area contributed by atoms with Crippen molar-refractivity contribution < 1.29 is 0 Å². The number of aryl methyl sites for hydroxylation is 1. The van der Waals surface area contributed by atoms with Gasteiger partial charge in [-0.25, -0.2) is 0 Å². The number of hydrogen-bond donors (Lipinski definition) is 0. The summed E-state index contributed by atoms with van der Waals surface area (Å²) in [7, 11) is 0. The lowest BCUT2D eigenvalue weighted by Crippen LogP contribution is -2.38. The van der Waals surface area contributed by atoms with Gasteiger partial charge in [-0.15, -0.1) is 0 Å². The van der Waals surface area contributed by atoms with Crippen LogP contribution in [0.4, 0.5) is 0 Å². The van der Waals surface area contributed by atoms with Crippen molar-refractivity contribution in [1.29, 1.82) is 5.26 Å². The molecule has 0 aromatic heterocycles. The van der Waals surface area contributed by atoms with E-state index in [9.17, 15) is 0 Å². The minimum atomic E-state index is 0.247. The standard InChI is InChI=1S/C16H22N2.2C2H6/c1-14-5-3-4-6-15(14)13-18-11-8-16(2,7-10-17)9-12-18;2*1-2/h3-6H,7-9,11-13H2,1-2H3;2*1-2H3. The van der Waals surface area contributed by atoms with Crippen molar-refractivity contribution in [3.05, 3.63) is 35.4 Å². The fourth-order valence-electron chi connectivity index (χ4n) is 2.65. The maximum atomic E-state index is 8.86. The van der Waals surface area contributed by atoms with Gasteiger partial charge >= 0.3 is 0 Å². The number of rotatable bonds is 3. The molecule has 1 saturated heterocycles. The van der Waals surface area contributed by atoms with Crippen LogP contribution in [0.2, 0.25) is 0 Å². The van der Waals surface area contributed by atoms with Crippen LogP contribution in [0.25, 0.3) is 0 Å². The molecule has 0 spiro atoms. The molecule has 2 nitrogen and oxygen atoms in total. The molecule has 0 saturated carbocycles. The van der Waals surface area contributed by atoms with Crippen LogP contribution in [-0.2, 0) is 6.54 Å². The van der Waals surface area contributed by atoms with E-state index in [1.54, 1.807) is 0 Å². The van der Waals surface area contributed by atoms with Crippen LogP contribution < -0.4 is 0 Å². The highest BCUT2D eigenvalue weighted by atomic mass is 15.1. The van der Waals surface area contributed by atoms with Crippen molar-refractivity contribution in [1.82, 2.24) is 4.90 Å². The van der Waals surface area contributed by atoms with Crippen molar-refractivity contribution in [2.75, 3.05) is 13.1 Å². The lowest BCUT2D eigenvalue weighted by molar-refractivity contribution is 0.116. The summed E-state index contributed by atoms with van der Waals surface area (Å²) in [6.07, 6.45) is 2.99. The van der Waals surface area contributed by atoms with E-state index in [1.807, 2.05) is 27.7 Å². The highest BCUT2D eigenvalue weighted by Crippen LogP contribution is 2.34. The highest BCUT2D eigenvalue weighted by Gasteiger charge is 2.29. The van der Waals surface area contributed by atoms with Gasteiger partial charge in [0.15, 0.2) is 0 Å². The van der Waals surface area contributed by atoms with E-state index in [4.69, 9.17) is 5.26 Å². The predicted octanol–water partition coefficient (Wildman–Crippen LogP) is 5.56. The summed E-state index contributed by atoms with van der Waals surface area (Å²) < 4.78 is 0. The molecule has 0 amide bonds. The maximum Gasteiger partial charge on any atom is 0.0627 e. The Balaban J connectivity index is 0.00000102. The van der Waals surface area contributed by atoms with Crippen LogP contribution in [0.1, 0.15) is 65.0 Å². The van der Waals surface area contributed by atoms with Gasteiger partial charge in [0.2, 0.25) is 0 Å². The maximum absolute atomic E-state index is 8.86. The van der Waals surface area contributed by atoms with Gasteiger partial charge in [0.05, 0.1) is 6.07 Å².